The molecule has 7 nitrogen and oxygen atoms in total. The number of rotatable bonds is 6. The van der Waals surface area contributed by atoms with Crippen LogP contribution in [-0.4, -0.2) is 27.6 Å². The molecule has 33 heavy (non-hydrogen) atoms. The molecule has 168 valence electrons. The lowest BCUT2D eigenvalue weighted by molar-refractivity contribution is -0.148. The minimum atomic E-state index is -1.05. The van der Waals surface area contributed by atoms with Gasteiger partial charge in [0.1, 0.15) is 11.6 Å². The summed E-state index contributed by atoms with van der Waals surface area (Å²) in [5.41, 5.74) is 3.20. The Balaban J connectivity index is 1.20. The first-order valence-corrected chi connectivity index (χ1v) is 12.2. The smallest absolute Gasteiger partial charge is 0.343 e. The second-order valence-electron chi connectivity index (χ2n) is 7.98. The van der Waals surface area contributed by atoms with Crippen molar-refractivity contribution in [1.29, 1.82) is 0 Å². The molecular formula is C24H21N3O4S2. The zero-order valence-electron chi connectivity index (χ0n) is 17.9. The van der Waals surface area contributed by atoms with E-state index in [-0.39, 0.29) is 24.8 Å². The Morgan fingerprint density at radius 1 is 1.18 bits per heavy atom. The minimum absolute atomic E-state index is 0.00436. The summed E-state index contributed by atoms with van der Waals surface area (Å²) in [6.45, 7) is 1.98. The minimum Gasteiger partial charge on any atom is -0.457 e. The van der Waals surface area contributed by atoms with Gasteiger partial charge in [0.2, 0.25) is 11.8 Å². The number of thiazole rings is 1. The number of thioether (sulfide) groups is 1. The molecule has 3 heterocycles. The van der Waals surface area contributed by atoms with Crippen molar-refractivity contribution in [2.75, 3.05) is 10.2 Å². The van der Waals surface area contributed by atoms with Crippen LogP contribution in [0.15, 0.2) is 58.8 Å². The Morgan fingerprint density at radius 3 is 2.79 bits per heavy atom. The maximum atomic E-state index is 13.1. The molecule has 5 rings (SSSR count). The molecule has 3 aromatic rings. The van der Waals surface area contributed by atoms with Crippen molar-refractivity contribution >= 4 is 52.3 Å². The first-order valence-electron chi connectivity index (χ1n) is 10.5. The molecule has 9 heteroatoms. The van der Waals surface area contributed by atoms with Gasteiger partial charge in [-0.1, -0.05) is 41.6 Å². The fraction of sp³-hybridized carbons (Fsp3) is 0.250. The number of aryl methyl sites for hydroxylation is 1. The van der Waals surface area contributed by atoms with E-state index in [2.05, 4.69) is 10.3 Å². The highest BCUT2D eigenvalue weighted by atomic mass is 32.2. The molecule has 2 aromatic carbocycles. The normalized spacial score (nSPS) is 18.7. The van der Waals surface area contributed by atoms with Gasteiger partial charge in [0.05, 0.1) is 17.8 Å². The van der Waals surface area contributed by atoms with E-state index in [1.165, 1.54) is 23.1 Å². The molecule has 1 N–H and O–H groups in total. The highest BCUT2D eigenvalue weighted by molar-refractivity contribution is 8.02. The van der Waals surface area contributed by atoms with E-state index >= 15 is 0 Å². The number of hydrogen-bond acceptors (Lipinski definition) is 7. The quantitative estimate of drug-likeness (QED) is 0.530. The first-order chi connectivity index (χ1) is 15.9. The average Bonchev–Trinajstić information content (AvgIpc) is 3.48. The van der Waals surface area contributed by atoms with E-state index in [9.17, 15) is 14.4 Å². The average molecular weight is 480 g/mol. The number of amides is 2. The third kappa shape index (κ3) is 4.14. The van der Waals surface area contributed by atoms with Crippen LogP contribution >= 0.6 is 23.1 Å². The van der Waals surface area contributed by atoms with E-state index in [1.807, 2.05) is 55.5 Å². The lowest BCUT2D eigenvalue weighted by atomic mass is 10.2. The summed E-state index contributed by atoms with van der Waals surface area (Å²) >= 11 is 2.73. The fourth-order valence-electron chi connectivity index (χ4n) is 4.00. The molecule has 0 saturated carbocycles. The molecule has 1 atom stereocenters. The van der Waals surface area contributed by atoms with Gasteiger partial charge in [-0.2, -0.15) is 0 Å². The van der Waals surface area contributed by atoms with Gasteiger partial charge in [-0.25, -0.2) is 9.78 Å². The molecule has 2 aliphatic rings. The highest BCUT2D eigenvalue weighted by Crippen LogP contribution is 2.56. The number of carbonyl (C=O) groups excluding carboxylic acids is 3. The van der Waals surface area contributed by atoms with Crippen molar-refractivity contribution in [3.05, 3.63) is 70.2 Å². The number of ether oxygens (including phenoxy) is 1. The van der Waals surface area contributed by atoms with Crippen molar-refractivity contribution in [2.24, 2.45) is 0 Å². The van der Waals surface area contributed by atoms with Crippen LogP contribution in [0.25, 0.3) is 0 Å². The van der Waals surface area contributed by atoms with E-state index in [1.54, 1.807) is 10.3 Å². The fourth-order valence-corrected chi connectivity index (χ4v) is 6.19. The van der Waals surface area contributed by atoms with Crippen molar-refractivity contribution in [2.45, 2.75) is 42.6 Å². The molecule has 1 aromatic heterocycles. The molecule has 0 aliphatic carbocycles. The third-order valence-corrected chi connectivity index (χ3v) is 7.94. The van der Waals surface area contributed by atoms with Gasteiger partial charge >= 0.3 is 5.97 Å². The molecule has 0 radical (unpaired) electrons. The summed E-state index contributed by atoms with van der Waals surface area (Å²) in [4.78, 5) is 43.8. The van der Waals surface area contributed by atoms with Crippen LogP contribution in [0.2, 0.25) is 0 Å². The molecular weight excluding hydrogens is 458 g/mol. The molecule has 1 saturated heterocycles. The van der Waals surface area contributed by atoms with Crippen molar-refractivity contribution in [1.82, 2.24) is 4.98 Å². The van der Waals surface area contributed by atoms with Gasteiger partial charge < -0.3 is 10.1 Å². The summed E-state index contributed by atoms with van der Waals surface area (Å²) in [5.74, 6) is -0.669. The van der Waals surface area contributed by atoms with Crippen LogP contribution < -0.4 is 10.2 Å². The van der Waals surface area contributed by atoms with Crippen molar-refractivity contribution in [3.63, 3.8) is 0 Å². The number of nitrogens with zero attached hydrogens (tertiary/aromatic N) is 2. The van der Waals surface area contributed by atoms with Crippen LogP contribution in [0, 0.1) is 6.92 Å². The number of carbonyl (C=O) groups is 3. The number of nitrogens with one attached hydrogen (secondary N) is 1. The Hall–Kier alpha value is -3.17. The van der Waals surface area contributed by atoms with Gasteiger partial charge in [0, 0.05) is 28.8 Å². The molecule has 0 unspecified atom stereocenters. The van der Waals surface area contributed by atoms with Gasteiger partial charge in [-0.05, 0) is 31.2 Å². The lowest BCUT2D eigenvalue weighted by Crippen LogP contribution is -2.47. The summed E-state index contributed by atoms with van der Waals surface area (Å²) in [6.07, 6.45) is 0.864. The van der Waals surface area contributed by atoms with Gasteiger partial charge in [-0.3, -0.25) is 14.5 Å². The molecule has 1 fully saturated rings. The monoisotopic (exact) mass is 479 g/mol. The Kier molecular flexibility index (Phi) is 5.67. The topological polar surface area (TPSA) is 88.6 Å². The van der Waals surface area contributed by atoms with E-state index < -0.39 is 10.8 Å². The van der Waals surface area contributed by atoms with Crippen molar-refractivity contribution < 1.29 is 19.1 Å². The van der Waals surface area contributed by atoms with Crippen LogP contribution in [0.5, 0.6) is 0 Å². The van der Waals surface area contributed by atoms with Gasteiger partial charge in [0.25, 0.3) is 0 Å². The van der Waals surface area contributed by atoms with Crippen LogP contribution in [0.1, 0.15) is 29.1 Å². The SMILES string of the molecule is Cc1ccc(NC(=O)Cc2nc(COC(=O)[C@]34CCC(=O)N3c3ccccc3S4)cs2)cc1. The Morgan fingerprint density at radius 2 is 1.97 bits per heavy atom. The second kappa shape index (κ2) is 8.64. The maximum Gasteiger partial charge on any atom is 0.343 e. The van der Waals surface area contributed by atoms with Gasteiger partial charge in [-0.15, -0.1) is 11.3 Å². The third-order valence-electron chi connectivity index (χ3n) is 5.59. The summed E-state index contributed by atoms with van der Waals surface area (Å²) in [6, 6.07) is 15.1. The molecule has 0 bridgehead atoms. The molecule has 0 spiro atoms. The van der Waals surface area contributed by atoms with Crippen molar-refractivity contribution in [3.8, 4) is 0 Å². The van der Waals surface area contributed by atoms with Crippen LogP contribution in [-0.2, 0) is 32.1 Å². The van der Waals surface area contributed by atoms with E-state index in [0.29, 0.717) is 23.5 Å². The molecule has 2 amide bonds. The first kappa shape index (κ1) is 21.7. The van der Waals surface area contributed by atoms with Crippen LogP contribution in [0.4, 0.5) is 11.4 Å². The number of fused-ring (bicyclic) bond motifs is 3. The second-order valence-corrected chi connectivity index (χ2v) is 10.2. The summed E-state index contributed by atoms with van der Waals surface area (Å²) in [7, 11) is 0. The number of para-hydroxylation sites is 1. The Labute approximate surface area is 199 Å². The number of aromatic nitrogens is 1. The maximum absolute atomic E-state index is 13.1. The van der Waals surface area contributed by atoms with E-state index in [0.717, 1.165) is 21.8 Å². The predicted molar refractivity (Wildman–Crippen MR) is 127 cm³/mol. The highest BCUT2D eigenvalue weighted by Gasteiger charge is 2.58. The van der Waals surface area contributed by atoms with Gasteiger partial charge in [0.15, 0.2) is 4.87 Å². The Bertz CT molecular complexity index is 1240. The zero-order valence-corrected chi connectivity index (χ0v) is 19.5. The lowest BCUT2D eigenvalue weighted by Gasteiger charge is -2.28. The van der Waals surface area contributed by atoms with E-state index in [4.69, 9.17) is 4.74 Å². The summed E-state index contributed by atoms with van der Waals surface area (Å²) < 4.78 is 5.61. The zero-order chi connectivity index (χ0) is 23.0. The standard InChI is InChI=1S/C24H21N3O4S2/c1-15-6-8-16(9-7-15)25-20(28)12-21-26-17(14-32-21)13-31-23(30)24-11-10-22(29)27(24)18-4-2-3-5-19(18)33-24/h2-9,14H,10-13H2,1H3,(H,25,28)/t24-/m1/s1. The largest absolute Gasteiger partial charge is 0.457 e. The number of esters is 1. The number of benzene rings is 2. The number of anilines is 2. The molecule has 2 aliphatic heterocycles. The summed E-state index contributed by atoms with van der Waals surface area (Å²) in [5, 5.41) is 5.28. The predicted octanol–water partition coefficient (Wildman–Crippen LogP) is 4.30. The number of hydrogen-bond donors (Lipinski definition) is 1. The van der Waals surface area contributed by atoms with Crippen LogP contribution in [0.3, 0.4) is 0 Å².